The van der Waals surface area contributed by atoms with Crippen LogP contribution in [0.4, 0.5) is 24.5 Å². The van der Waals surface area contributed by atoms with E-state index < -0.39 is 22.8 Å². The number of rotatable bonds is 5. The standard InChI is InChI=1S/C12H9ClF3N5O3S/c1-20-10(12(14,15)16)18-19-11(20)25-5-9(22)17-8-3-2-6(21(23)24)4-7(8)13/h2-4H,5H2,1H3,(H,17,22). The molecule has 0 radical (unpaired) electrons. The lowest BCUT2D eigenvalue weighted by Crippen LogP contribution is -2.15. The largest absolute Gasteiger partial charge is 0.451 e. The summed E-state index contributed by atoms with van der Waals surface area (Å²) in [6, 6.07) is 3.49. The summed E-state index contributed by atoms with van der Waals surface area (Å²) in [5.41, 5.74) is -0.0945. The Labute approximate surface area is 147 Å². The number of thioether (sulfide) groups is 1. The van der Waals surface area contributed by atoms with Crippen molar-refractivity contribution in [3.05, 3.63) is 39.2 Å². The number of carbonyl (C=O) groups excluding carboxylic acids is 1. The number of nitro benzene ring substituents is 1. The predicted molar refractivity (Wildman–Crippen MR) is 83.5 cm³/mol. The quantitative estimate of drug-likeness (QED) is 0.474. The molecule has 2 aromatic rings. The number of nitrogens with one attached hydrogen (secondary N) is 1. The van der Waals surface area contributed by atoms with Gasteiger partial charge in [-0.2, -0.15) is 13.2 Å². The fourth-order valence-electron chi connectivity index (χ4n) is 1.72. The molecular weight excluding hydrogens is 387 g/mol. The van der Waals surface area contributed by atoms with Crippen molar-refractivity contribution in [2.75, 3.05) is 11.1 Å². The minimum Gasteiger partial charge on any atom is -0.324 e. The first-order valence-electron chi connectivity index (χ1n) is 6.42. The number of aromatic nitrogens is 3. The summed E-state index contributed by atoms with van der Waals surface area (Å²) in [7, 11) is 1.14. The first kappa shape index (κ1) is 19.0. The van der Waals surface area contributed by atoms with Gasteiger partial charge in [0.2, 0.25) is 11.7 Å². The van der Waals surface area contributed by atoms with Gasteiger partial charge in [0.1, 0.15) is 0 Å². The Morgan fingerprint density at radius 2 is 2.12 bits per heavy atom. The van der Waals surface area contributed by atoms with Crippen molar-refractivity contribution in [2.45, 2.75) is 11.3 Å². The molecule has 0 unspecified atom stereocenters. The minimum absolute atomic E-state index is 0.0365. The number of anilines is 1. The van der Waals surface area contributed by atoms with Gasteiger partial charge in [-0.25, -0.2) is 0 Å². The van der Waals surface area contributed by atoms with Crippen molar-refractivity contribution >= 4 is 40.6 Å². The molecule has 13 heteroatoms. The highest BCUT2D eigenvalue weighted by Gasteiger charge is 2.37. The lowest BCUT2D eigenvalue weighted by molar-refractivity contribution is -0.384. The van der Waals surface area contributed by atoms with Crippen molar-refractivity contribution < 1.29 is 22.9 Å². The number of halogens is 4. The normalized spacial score (nSPS) is 11.4. The van der Waals surface area contributed by atoms with Gasteiger partial charge in [-0.05, 0) is 6.07 Å². The first-order valence-corrected chi connectivity index (χ1v) is 7.79. The van der Waals surface area contributed by atoms with Crippen LogP contribution in [0.1, 0.15) is 5.82 Å². The molecule has 2 rings (SSSR count). The Balaban J connectivity index is 2.00. The van der Waals surface area contributed by atoms with Crippen LogP contribution in [0.5, 0.6) is 0 Å². The number of nitrogens with zero attached hydrogens (tertiary/aromatic N) is 4. The molecule has 1 heterocycles. The lowest BCUT2D eigenvalue weighted by atomic mass is 10.3. The molecule has 134 valence electrons. The van der Waals surface area contributed by atoms with Crippen LogP contribution in [0, 0.1) is 10.1 Å². The van der Waals surface area contributed by atoms with Crippen molar-refractivity contribution in [1.29, 1.82) is 0 Å². The second kappa shape index (κ2) is 7.27. The summed E-state index contributed by atoms with van der Waals surface area (Å²) in [6.07, 6.45) is -4.64. The zero-order valence-electron chi connectivity index (χ0n) is 12.4. The molecule has 0 fully saturated rings. The highest BCUT2D eigenvalue weighted by Crippen LogP contribution is 2.30. The van der Waals surface area contributed by atoms with E-state index in [1.54, 1.807) is 0 Å². The maximum atomic E-state index is 12.6. The lowest BCUT2D eigenvalue weighted by Gasteiger charge is -2.08. The summed E-state index contributed by atoms with van der Waals surface area (Å²) in [6.45, 7) is 0. The molecule has 0 aliphatic rings. The van der Waals surface area contributed by atoms with Crippen LogP contribution >= 0.6 is 23.4 Å². The summed E-state index contributed by atoms with van der Waals surface area (Å²) in [4.78, 5) is 21.8. The summed E-state index contributed by atoms with van der Waals surface area (Å²) in [5, 5.41) is 19.3. The minimum atomic E-state index is -4.64. The average molecular weight is 396 g/mol. The van der Waals surface area contributed by atoms with Gasteiger partial charge < -0.3 is 9.88 Å². The SMILES string of the molecule is Cn1c(SCC(=O)Nc2ccc([N+](=O)[O-])cc2Cl)nnc1C(F)(F)F. The number of benzene rings is 1. The molecular formula is C12H9ClF3N5O3S. The van der Waals surface area contributed by atoms with Crippen LogP contribution < -0.4 is 5.32 Å². The number of carbonyl (C=O) groups is 1. The van der Waals surface area contributed by atoms with Gasteiger partial charge in [-0.15, -0.1) is 10.2 Å². The maximum absolute atomic E-state index is 12.6. The molecule has 25 heavy (non-hydrogen) atoms. The van der Waals surface area contributed by atoms with E-state index in [9.17, 15) is 28.1 Å². The second-order valence-corrected chi connectivity index (χ2v) is 5.97. The molecule has 1 aromatic heterocycles. The number of alkyl halides is 3. The maximum Gasteiger partial charge on any atom is 0.451 e. The van der Waals surface area contributed by atoms with E-state index in [1.165, 1.54) is 6.07 Å². The molecule has 0 saturated carbocycles. The van der Waals surface area contributed by atoms with E-state index in [-0.39, 0.29) is 27.3 Å². The third-order valence-corrected chi connectivity index (χ3v) is 4.19. The molecule has 1 N–H and O–H groups in total. The van der Waals surface area contributed by atoms with E-state index in [4.69, 9.17) is 11.6 Å². The molecule has 1 aromatic carbocycles. The van der Waals surface area contributed by atoms with Crippen molar-refractivity contribution in [2.24, 2.45) is 7.05 Å². The first-order chi connectivity index (χ1) is 11.6. The van der Waals surface area contributed by atoms with Gasteiger partial charge in [0, 0.05) is 19.2 Å². The van der Waals surface area contributed by atoms with E-state index >= 15 is 0 Å². The zero-order chi connectivity index (χ0) is 18.8. The number of hydrogen-bond acceptors (Lipinski definition) is 6. The second-order valence-electron chi connectivity index (χ2n) is 4.62. The Hall–Kier alpha value is -2.34. The molecule has 1 amide bonds. The predicted octanol–water partition coefficient (Wildman–Crippen LogP) is 3.13. The van der Waals surface area contributed by atoms with Gasteiger partial charge in [0.25, 0.3) is 5.69 Å². The summed E-state index contributed by atoms with van der Waals surface area (Å²) in [5.74, 6) is -2.00. The summed E-state index contributed by atoms with van der Waals surface area (Å²) >= 11 is 6.59. The van der Waals surface area contributed by atoms with Crippen LogP contribution in [0.25, 0.3) is 0 Å². The van der Waals surface area contributed by atoms with Gasteiger partial charge >= 0.3 is 6.18 Å². The number of nitro groups is 1. The van der Waals surface area contributed by atoms with Crippen LogP contribution in [0.15, 0.2) is 23.4 Å². The van der Waals surface area contributed by atoms with Gasteiger partial charge in [0.15, 0.2) is 5.16 Å². The van der Waals surface area contributed by atoms with Crippen LogP contribution in [-0.2, 0) is 18.0 Å². The third kappa shape index (κ3) is 4.60. The number of hydrogen-bond donors (Lipinski definition) is 1. The van der Waals surface area contributed by atoms with Gasteiger partial charge in [-0.3, -0.25) is 14.9 Å². The van der Waals surface area contributed by atoms with E-state index in [0.29, 0.717) is 0 Å². The highest BCUT2D eigenvalue weighted by atomic mass is 35.5. The van der Waals surface area contributed by atoms with Crippen LogP contribution in [0.3, 0.4) is 0 Å². The molecule has 0 saturated heterocycles. The Morgan fingerprint density at radius 1 is 1.44 bits per heavy atom. The third-order valence-electron chi connectivity index (χ3n) is 2.86. The van der Waals surface area contributed by atoms with E-state index in [2.05, 4.69) is 15.5 Å². The van der Waals surface area contributed by atoms with E-state index in [1.807, 2.05) is 0 Å². The molecule has 0 spiro atoms. The Bertz CT molecular complexity index is 827. The zero-order valence-corrected chi connectivity index (χ0v) is 13.9. The Morgan fingerprint density at radius 3 is 2.64 bits per heavy atom. The smallest absolute Gasteiger partial charge is 0.324 e. The fourth-order valence-corrected chi connectivity index (χ4v) is 2.66. The highest BCUT2D eigenvalue weighted by molar-refractivity contribution is 7.99. The molecule has 8 nitrogen and oxygen atoms in total. The topological polar surface area (TPSA) is 103 Å². The van der Waals surface area contributed by atoms with Crippen molar-refractivity contribution in [1.82, 2.24) is 14.8 Å². The molecule has 0 aliphatic carbocycles. The van der Waals surface area contributed by atoms with Crippen molar-refractivity contribution in [3.8, 4) is 0 Å². The Kier molecular flexibility index (Phi) is 5.52. The monoisotopic (exact) mass is 395 g/mol. The van der Waals surface area contributed by atoms with Crippen molar-refractivity contribution in [3.63, 3.8) is 0 Å². The van der Waals surface area contributed by atoms with Crippen LogP contribution in [0.2, 0.25) is 5.02 Å². The van der Waals surface area contributed by atoms with Gasteiger partial charge in [-0.1, -0.05) is 23.4 Å². The van der Waals surface area contributed by atoms with E-state index in [0.717, 1.165) is 35.5 Å². The average Bonchev–Trinajstić information content (AvgIpc) is 2.88. The molecule has 0 aliphatic heterocycles. The van der Waals surface area contributed by atoms with Crippen LogP contribution in [-0.4, -0.2) is 31.3 Å². The molecule has 0 atom stereocenters. The summed E-state index contributed by atoms with van der Waals surface area (Å²) < 4.78 is 38.6. The molecule has 0 bridgehead atoms. The number of non-ortho nitro benzene ring substituents is 1. The number of amides is 1. The fraction of sp³-hybridized carbons (Fsp3) is 0.250. The van der Waals surface area contributed by atoms with Gasteiger partial charge in [0.05, 0.1) is 21.4 Å².